The Bertz CT molecular complexity index is 2490. The number of β-amino-alcohol motifs (C(OH)–C–C–N with tert-alkyl or cyclic N) is 1. The average molecular weight is 936 g/mol. The van der Waals surface area contributed by atoms with Gasteiger partial charge in [0.05, 0.1) is 43.0 Å². The van der Waals surface area contributed by atoms with E-state index in [1.807, 2.05) is 135 Å². The molecule has 2 fully saturated rings. The van der Waals surface area contributed by atoms with Gasteiger partial charge in [-0.15, -0.1) is 0 Å². The molecule has 6 N–H and O–H groups in total. The molecule has 0 aliphatic carbocycles. The van der Waals surface area contributed by atoms with Gasteiger partial charge >= 0.3 is 6.09 Å². The van der Waals surface area contributed by atoms with Crippen molar-refractivity contribution in [1.29, 1.82) is 0 Å². The number of aromatic amines is 2. The first-order valence-corrected chi connectivity index (χ1v) is 23.5. The fourth-order valence-electron chi connectivity index (χ4n) is 7.64. The number of aliphatic hydroxyl groups is 1. The normalized spacial score (nSPS) is 15.0. The minimum Gasteiger partial charge on any atom is -0.453 e. The second-order valence-electron chi connectivity index (χ2n) is 16.0. The average Bonchev–Trinajstić information content (AvgIpc) is 4.26. The summed E-state index contributed by atoms with van der Waals surface area (Å²) in [4.78, 5) is 66.0. The van der Waals surface area contributed by atoms with Crippen LogP contribution in [0.25, 0.3) is 22.5 Å². The Labute approximate surface area is 405 Å². The van der Waals surface area contributed by atoms with E-state index in [1.54, 1.807) is 23.0 Å². The van der Waals surface area contributed by atoms with Crippen LogP contribution in [0.1, 0.15) is 86.4 Å². The lowest BCUT2D eigenvalue weighted by Crippen LogP contribution is -2.40. The Balaban J connectivity index is 0.000000470. The quantitative estimate of drug-likeness (QED) is 0.0372. The smallest absolute Gasteiger partial charge is 0.407 e. The number of nitrogens with zero attached hydrogens (tertiary/aromatic N) is 4. The molecule has 0 saturated carbocycles. The zero-order chi connectivity index (χ0) is 49.2. The van der Waals surface area contributed by atoms with Crippen molar-refractivity contribution in [2.75, 3.05) is 46.9 Å². The Kier molecular flexibility index (Phi) is 21.7. The number of amides is 4. The molecule has 6 aromatic rings. The highest BCUT2D eigenvalue weighted by Crippen LogP contribution is 2.31. The number of imidazole rings is 2. The van der Waals surface area contributed by atoms with Gasteiger partial charge in [-0.1, -0.05) is 117 Å². The zero-order valence-electron chi connectivity index (χ0n) is 40.0. The summed E-state index contributed by atoms with van der Waals surface area (Å²) in [7, 11) is 3.06. The predicted octanol–water partition coefficient (Wildman–Crippen LogP) is 7.21. The number of hydrogen-bond acceptors (Lipinski definition) is 9. The molecule has 2 aromatic heterocycles. The van der Waals surface area contributed by atoms with Gasteiger partial charge in [0.25, 0.3) is 0 Å². The number of likely N-dealkylation sites (tertiary alicyclic amines) is 2. The minimum atomic E-state index is -0.633. The number of alkyl carbamates (subject to hydrolysis) is 1. The first-order chi connectivity index (χ1) is 33.7. The van der Waals surface area contributed by atoms with Crippen molar-refractivity contribution in [3.05, 3.63) is 156 Å². The number of carbonyl (C=O) groups excluding carboxylic acids is 4. The molecule has 2 aliphatic heterocycles. The Morgan fingerprint density at radius 3 is 1.94 bits per heavy atom. The number of nitrogens with one attached hydrogen (secondary N) is 5. The van der Waals surface area contributed by atoms with E-state index in [2.05, 4.69) is 52.5 Å². The molecular formula is C54H65N9O6. The monoisotopic (exact) mass is 936 g/mol. The number of ether oxygens (including phenoxy) is 1. The van der Waals surface area contributed by atoms with Crippen LogP contribution in [0.4, 0.5) is 4.79 Å². The van der Waals surface area contributed by atoms with Gasteiger partial charge in [-0.3, -0.25) is 14.4 Å². The van der Waals surface area contributed by atoms with Crippen LogP contribution in [0.2, 0.25) is 0 Å². The van der Waals surface area contributed by atoms with Crippen LogP contribution in [0.5, 0.6) is 0 Å². The lowest BCUT2D eigenvalue weighted by molar-refractivity contribution is -0.131. The van der Waals surface area contributed by atoms with Gasteiger partial charge < -0.3 is 45.6 Å². The van der Waals surface area contributed by atoms with Crippen molar-refractivity contribution >= 4 is 24.3 Å². The molecule has 8 rings (SSSR count). The van der Waals surface area contributed by atoms with E-state index in [-0.39, 0.29) is 36.5 Å². The van der Waals surface area contributed by atoms with Gasteiger partial charge in [0.2, 0.25) is 18.2 Å². The molecule has 69 heavy (non-hydrogen) atoms. The summed E-state index contributed by atoms with van der Waals surface area (Å²) in [6.07, 6.45) is 8.46. The number of carbonyl (C=O) groups is 4. The van der Waals surface area contributed by atoms with Gasteiger partial charge in [0.15, 0.2) is 0 Å². The molecule has 4 aromatic carbocycles. The molecule has 0 bridgehead atoms. The van der Waals surface area contributed by atoms with Crippen molar-refractivity contribution in [2.24, 2.45) is 0 Å². The second-order valence-corrected chi connectivity index (χ2v) is 16.0. The largest absolute Gasteiger partial charge is 0.453 e. The first-order valence-electron chi connectivity index (χ1n) is 23.5. The second kappa shape index (κ2) is 28.6. The predicted molar refractivity (Wildman–Crippen MR) is 268 cm³/mol. The van der Waals surface area contributed by atoms with Crippen molar-refractivity contribution in [1.82, 2.24) is 45.7 Å². The van der Waals surface area contributed by atoms with Gasteiger partial charge in [0, 0.05) is 43.7 Å². The number of methoxy groups -OCH3 is 1. The van der Waals surface area contributed by atoms with Crippen LogP contribution >= 0.6 is 0 Å². The molecule has 2 saturated heterocycles. The summed E-state index contributed by atoms with van der Waals surface area (Å²) in [6.45, 7) is 6.34. The van der Waals surface area contributed by atoms with Gasteiger partial charge in [-0.25, -0.2) is 14.8 Å². The maximum atomic E-state index is 12.7. The first kappa shape index (κ1) is 52.4. The summed E-state index contributed by atoms with van der Waals surface area (Å²) in [5, 5.41) is 17.4. The maximum Gasteiger partial charge on any atom is 0.407 e. The molecule has 0 spiro atoms. The van der Waals surface area contributed by atoms with Crippen molar-refractivity contribution < 1.29 is 29.0 Å². The van der Waals surface area contributed by atoms with E-state index >= 15 is 0 Å². The Morgan fingerprint density at radius 1 is 0.797 bits per heavy atom. The van der Waals surface area contributed by atoms with E-state index in [1.165, 1.54) is 7.11 Å². The SMILES string of the molecule is CC.CNC(C(=O)NCCCCc1ncc(-c2ccc(C#Cc3ccc(-c4cnc(C5CCCN5C(=O)CNC(=O)OC)[nH]4)cc3)cc2)[nH]1)c1ccccc1.O=CN1CCC(O)C1.c1ccccc1. The maximum absolute atomic E-state index is 12.7. The van der Waals surface area contributed by atoms with Crippen molar-refractivity contribution in [3.8, 4) is 34.4 Å². The standard InChI is InChI=1S/C41H44N8O4.C6H6.C5H9NO2.C2H6/c1-42-38(32-9-4-3-5-10-32)40(51)43-23-7-6-12-36-44-25-33(47-36)30-19-15-28(16-20-30)13-14-29-17-21-31(22-18-29)34-26-45-39(48-34)35-11-8-24-49(35)37(50)27-46-41(52)53-2;1-2-4-6-5-3-1;7-4-6-2-1-5(8)3-6;1-2/h3-5,9-10,15-22,25-26,35,38,42H,6-8,11-12,23-24,27H2,1-2H3,(H,43,51)(H,44,47)(H,45,48)(H,46,52);1-6H;4-5,8H,1-3H2;1-2H3. The van der Waals surface area contributed by atoms with Gasteiger partial charge in [0.1, 0.15) is 24.2 Å². The van der Waals surface area contributed by atoms with Crippen LogP contribution < -0.4 is 16.0 Å². The number of aryl methyl sites for hydroxylation is 1. The zero-order valence-corrected chi connectivity index (χ0v) is 40.0. The minimum absolute atomic E-state index is 0.0251. The topological polar surface area (TPSA) is 198 Å². The number of aliphatic hydroxyl groups excluding tert-OH is 1. The third kappa shape index (κ3) is 16.6. The number of benzene rings is 4. The van der Waals surface area contributed by atoms with Crippen LogP contribution in [0.15, 0.2) is 128 Å². The highest BCUT2D eigenvalue weighted by atomic mass is 16.5. The fourth-order valence-corrected chi connectivity index (χ4v) is 7.64. The molecule has 4 amide bonds. The lowest BCUT2D eigenvalue weighted by Gasteiger charge is -2.23. The molecule has 0 radical (unpaired) electrons. The number of likely N-dealkylation sites (N-methyl/N-ethyl adjacent to an activating group) is 1. The highest BCUT2D eigenvalue weighted by molar-refractivity contribution is 5.83. The Hall–Kier alpha value is -7.54. The van der Waals surface area contributed by atoms with Crippen molar-refractivity contribution in [2.45, 2.75) is 70.6 Å². The van der Waals surface area contributed by atoms with Crippen LogP contribution in [0, 0.1) is 11.8 Å². The summed E-state index contributed by atoms with van der Waals surface area (Å²) < 4.78 is 4.57. The molecule has 3 atom stereocenters. The summed E-state index contributed by atoms with van der Waals surface area (Å²) in [5.74, 6) is 7.94. The highest BCUT2D eigenvalue weighted by Gasteiger charge is 2.32. The van der Waals surface area contributed by atoms with E-state index in [0.717, 1.165) is 95.8 Å². The molecular weight excluding hydrogens is 871 g/mol. The molecule has 2 aliphatic rings. The van der Waals surface area contributed by atoms with E-state index in [9.17, 15) is 19.2 Å². The van der Waals surface area contributed by atoms with Crippen molar-refractivity contribution in [3.63, 3.8) is 0 Å². The van der Waals surface area contributed by atoms with E-state index < -0.39 is 6.09 Å². The van der Waals surface area contributed by atoms with Gasteiger partial charge in [-0.2, -0.15) is 0 Å². The third-order valence-corrected chi connectivity index (χ3v) is 11.3. The van der Waals surface area contributed by atoms with E-state index in [4.69, 9.17) is 5.11 Å². The Morgan fingerprint density at radius 2 is 1.39 bits per heavy atom. The fraction of sp³-hybridized carbons (Fsp3) is 0.333. The summed E-state index contributed by atoms with van der Waals surface area (Å²) >= 11 is 0. The molecule has 4 heterocycles. The molecule has 15 heteroatoms. The van der Waals surface area contributed by atoms with Crippen LogP contribution in [-0.2, 0) is 25.5 Å². The van der Waals surface area contributed by atoms with Crippen LogP contribution in [0.3, 0.4) is 0 Å². The number of H-pyrrole nitrogens is 2. The lowest BCUT2D eigenvalue weighted by atomic mass is 10.1. The van der Waals surface area contributed by atoms with Gasteiger partial charge in [-0.05, 0) is 80.1 Å². The molecule has 362 valence electrons. The molecule has 3 unspecified atom stereocenters. The molecule has 15 nitrogen and oxygen atoms in total. The number of hydrogen-bond donors (Lipinski definition) is 6. The summed E-state index contributed by atoms with van der Waals surface area (Å²) in [6, 6.07) is 37.2. The number of aromatic nitrogens is 4. The van der Waals surface area contributed by atoms with Crippen LogP contribution in [-0.4, -0.2) is 112 Å². The van der Waals surface area contributed by atoms with E-state index in [0.29, 0.717) is 26.2 Å². The summed E-state index contributed by atoms with van der Waals surface area (Å²) in [5.41, 5.74) is 6.55. The number of unbranched alkanes of at least 4 members (excludes halogenated alkanes) is 1. The third-order valence-electron chi connectivity index (χ3n) is 11.3. The number of rotatable bonds is 14.